The average Bonchev–Trinajstić information content (AvgIpc) is 3.31. The molecule has 8 heteroatoms. The molecule has 0 amide bonds. The van der Waals surface area contributed by atoms with Crippen molar-refractivity contribution in [1.82, 2.24) is 19.8 Å². The summed E-state index contributed by atoms with van der Waals surface area (Å²) in [5, 5.41) is 4.77. The lowest BCUT2D eigenvalue weighted by atomic mass is 10.0. The smallest absolute Gasteiger partial charge is 0.224 e. The van der Waals surface area contributed by atoms with Gasteiger partial charge in [-0.3, -0.25) is 0 Å². The maximum atomic E-state index is 6.28. The molecular formula is C24H36ClN5O2. The molecule has 0 aliphatic carbocycles. The van der Waals surface area contributed by atoms with Gasteiger partial charge in [0.1, 0.15) is 5.82 Å². The number of piperidine rings is 1. The van der Waals surface area contributed by atoms with E-state index in [2.05, 4.69) is 32.0 Å². The second-order valence-corrected chi connectivity index (χ2v) is 9.21. The molecule has 4 rings (SSSR count). The number of ether oxygens (including phenoxy) is 2. The Kier molecular flexibility index (Phi) is 8.27. The van der Waals surface area contributed by atoms with Crippen LogP contribution >= 0.6 is 11.6 Å². The topological polar surface area (TPSA) is 62.8 Å². The van der Waals surface area contributed by atoms with Gasteiger partial charge in [0.25, 0.3) is 0 Å². The molecule has 0 atom stereocenters. The predicted molar refractivity (Wildman–Crippen MR) is 130 cm³/mol. The molecule has 1 aromatic heterocycles. The van der Waals surface area contributed by atoms with Crippen molar-refractivity contribution in [3.05, 3.63) is 17.4 Å². The predicted octanol–water partition coefficient (Wildman–Crippen LogP) is 4.44. The van der Waals surface area contributed by atoms with Crippen molar-refractivity contribution in [3.63, 3.8) is 0 Å². The van der Waals surface area contributed by atoms with E-state index in [-0.39, 0.29) is 5.28 Å². The third-order valence-electron chi connectivity index (χ3n) is 6.50. The number of fused-ring (bicyclic) bond motifs is 1. The summed E-state index contributed by atoms with van der Waals surface area (Å²) < 4.78 is 11.7. The van der Waals surface area contributed by atoms with Crippen LogP contribution in [-0.4, -0.2) is 78.8 Å². The van der Waals surface area contributed by atoms with Gasteiger partial charge in [-0.25, -0.2) is 9.97 Å². The lowest BCUT2D eigenvalue weighted by Gasteiger charge is -2.32. The Balaban J connectivity index is 1.44. The number of nitrogens with zero attached hydrogens (tertiary/aromatic N) is 4. The van der Waals surface area contributed by atoms with Crippen molar-refractivity contribution in [2.24, 2.45) is 0 Å². The number of rotatable bonds is 10. The number of likely N-dealkylation sites (tertiary alicyclic amines) is 2. The highest BCUT2D eigenvalue weighted by Gasteiger charge is 2.21. The van der Waals surface area contributed by atoms with Crippen LogP contribution in [0.15, 0.2) is 12.1 Å². The summed E-state index contributed by atoms with van der Waals surface area (Å²) in [6.07, 6.45) is 7.01. The van der Waals surface area contributed by atoms with E-state index >= 15 is 0 Å². The van der Waals surface area contributed by atoms with E-state index in [9.17, 15) is 0 Å². The van der Waals surface area contributed by atoms with E-state index in [0.717, 1.165) is 55.6 Å². The minimum absolute atomic E-state index is 0.244. The largest absolute Gasteiger partial charge is 0.493 e. The molecule has 1 N–H and O–H groups in total. The standard InChI is InChI=1S/C24H36ClN5O2/c1-3-9-29-13-7-18(8-14-29)26-23-19-16-21(31-2)22(17-20(19)27-24(25)28-23)32-15-6-12-30-10-4-5-11-30/h16-18H,3-15H2,1-2H3,(H,26,27,28). The van der Waals surface area contributed by atoms with Crippen LogP contribution in [0.25, 0.3) is 10.9 Å². The summed E-state index contributed by atoms with van der Waals surface area (Å²) >= 11 is 6.28. The van der Waals surface area contributed by atoms with Crippen molar-refractivity contribution < 1.29 is 9.47 Å². The van der Waals surface area contributed by atoms with Gasteiger partial charge < -0.3 is 24.6 Å². The molecule has 0 spiro atoms. The molecule has 7 nitrogen and oxygen atoms in total. The number of anilines is 1. The van der Waals surface area contributed by atoms with Gasteiger partial charge in [-0.15, -0.1) is 0 Å². The van der Waals surface area contributed by atoms with E-state index < -0.39 is 0 Å². The Morgan fingerprint density at radius 2 is 1.78 bits per heavy atom. The van der Waals surface area contributed by atoms with Crippen LogP contribution in [0.4, 0.5) is 5.82 Å². The summed E-state index contributed by atoms with van der Waals surface area (Å²) in [5.74, 6) is 2.17. The SMILES string of the molecule is CCCN1CCC(Nc2nc(Cl)nc3cc(OCCCN4CCCC4)c(OC)cc23)CC1. The first-order valence-electron chi connectivity index (χ1n) is 12.1. The van der Waals surface area contributed by atoms with Crippen molar-refractivity contribution >= 4 is 28.3 Å². The van der Waals surface area contributed by atoms with Crippen molar-refractivity contribution in [2.45, 2.75) is 51.5 Å². The summed E-state index contributed by atoms with van der Waals surface area (Å²) in [5.41, 5.74) is 0.770. The highest BCUT2D eigenvalue weighted by atomic mass is 35.5. The molecule has 2 fully saturated rings. The number of hydrogen-bond donors (Lipinski definition) is 1. The second-order valence-electron chi connectivity index (χ2n) is 8.87. The number of nitrogens with one attached hydrogen (secondary N) is 1. The van der Waals surface area contributed by atoms with Gasteiger partial charge in [0.05, 0.1) is 19.2 Å². The van der Waals surface area contributed by atoms with Crippen LogP contribution in [0.2, 0.25) is 5.28 Å². The van der Waals surface area contributed by atoms with E-state index in [4.69, 9.17) is 21.1 Å². The highest BCUT2D eigenvalue weighted by molar-refractivity contribution is 6.28. The zero-order valence-corrected chi connectivity index (χ0v) is 20.2. The van der Waals surface area contributed by atoms with Crippen LogP contribution in [-0.2, 0) is 0 Å². The highest BCUT2D eigenvalue weighted by Crippen LogP contribution is 2.35. The Labute approximate surface area is 196 Å². The van der Waals surface area contributed by atoms with Gasteiger partial charge in [-0.1, -0.05) is 6.92 Å². The quantitative estimate of drug-likeness (QED) is 0.414. The van der Waals surface area contributed by atoms with Crippen molar-refractivity contribution in [2.75, 3.05) is 58.3 Å². The number of methoxy groups -OCH3 is 1. The summed E-state index contributed by atoms with van der Waals surface area (Å²) in [4.78, 5) is 14.0. The van der Waals surface area contributed by atoms with E-state index in [0.29, 0.717) is 24.1 Å². The molecule has 0 unspecified atom stereocenters. The lowest BCUT2D eigenvalue weighted by molar-refractivity contribution is 0.219. The van der Waals surface area contributed by atoms with Gasteiger partial charge >= 0.3 is 0 Å². The fourth-order valence-corrected chi connectivity index (χ4v) is 4.95. The maximum absolute atomic E-state index is 6.28. The monoisotopic (exact) mass is 461 g/mol. The third kappa shape index (κ3) is 5.94. The number of benzene rings is 1. The van der Waals surface area contributed by atoms with E-state index in [1.54, 1.807) is 7.11 Å². The Bertz CT molecular complexity index is 882. The molecule has 2 aromatic rings. The van der Waals surface area contributed by atoms with Gasteiger partial charge in [0.15, 0.2) is 11.5 Å². The van der Waals surface area contributed by atoms with Crippen LogP contribution in [0.3, 0.4) is 0 Å². The molecule has 176 valence electrons. The Morgan fingerprint density at radius 3 is 2.50 bits per heavy atom. The Hall–Kier alpha value is -1.83. The van der Waals surface area contributed by atoms with Gasteiger partial charge in [0, 0.05) is 37.1 Å². The van der Waals surface area contributed by atoms with Gasteiger partial charge in [-0.2, -0.15) is 0 Å². The molecule has 2 aliphatic rings. The maximum Gasteiger partial charge on any atom is 0.224 e. The lowest BCUT2D eigenvalue weighted by Crippen LogP contribution is -2.39. The molecule has 2 aliphatic heterocycles. The van der Waals surface area contributed by atoms with Crippen LogP contribution < -0.4 is 14.8 Å². The minimum Gasteiger partial charge on any atom is -0.493 e. The zero-order valence-electron chi connectivity index (χ0n) is 19.4. The first kappa shape index (κ1) is 23.3. The molecule has 32 heavy (non-hydrogen) atoms. The molecule has 1 aromatic carbocycles. The first-order valence-corrected chi connectivity index (χ1v) is 12.4. The second kappa shape index (κ2) is 11.3. The van der Waals surface area contributed by atoms with Gasteiger partial charge in [0.2, 0.25) is 5.28 Å². The summed E-state index contributed by atoms with van der Waals surface area (Å²) in [6, 6.07) is 4.27. The molecule has 3 heterocycles. The molecular weight excluding hydrogens is 426 g/mol. The van der Waals surface area contributed by atoms with Crippen LogP contribution in [0, 0.1) is 0 Å². The number of hydrogen-bond acceptors (Lipinski definition) is 7. The fraction of sp³-hybridized carbons (Fsp3) is 0.667. The summed E-state index contributed by atoms with van der Waals surface area (Å²) in [6.45, 7) is 9.78. The average molecular weight is 462 g/mol. The minimum atomic E-state index is 0.244. The van der Waals surface area contributed by atoms with E-state index in [1.165, 1.54) is 38.9 Å². The third-order valence-corrected chi connectivity index (χ3v) is 6.67. The van der Waals surface area contributed by atoms with Crippen molar-refractivity contribution in [3.8, 4) is 11.5 Å². The van der Waals surface area contributed by atoms with Gasteiger partial charge in [-0.05, 0) is 75.8 Å². The van der Waals surface area contributed by atoms with Crippen molar-refractivity contribution in [1.29, 1.82) is 0 Å². The fourth-order valence-electron chi connectivity index (χ4n) is 4.78. The first-order chi connectivity index (χ1) is 15.7. The normalized spacial score (nSPS) is 18.3. The van der Waals surface area contributed by atoms with Crippen LogP contribution in [0.5, 0.6) is 11.5 Å². The summed E-state index contributed by atoms with van der Waals surface area (Å²) in [7, 11) is 1.67. The van der Waals surface area contributed by atoms with Crippen LogP contribution in [0.1, 0.15) is 45.4 Å². The van der Waals surface area contributed by atoms with E-state index in [1.807, 2.05) is 12.1 Å². The molecule has 0 radical (unpaired) electrons. The Morgan fingerprint density at radius 1 is 1.03 bits per heavy atom. The molecule has 0 bridgehead atoms. The molecule has 2 saturated heterocycles. The molecule has 0 saturated carbocycles. The number of halogens is 1. The number of aromatic nitrogens is 2. The zero-order chi connectivity index (χ0) is 22.3.